The molecule has 0 fully saturated rings. The molecule has 262 valence electrons. The van der Waals surface area contributed by atoms with E-state index in [-0.39, 0.29) is 0 Å². The van der Waals surface area contributed by atoms with E-state index in [0.717, 1.165) is 55.6 Å². The molecule has 0 saturated heterocycles. The zero-order valence-corrected chi connectivity index (χ0v) is 30.0. The number of aromatic nitrogens is 6. The van der Waals surface area contributed by atoms with Crippen molar-refractivity contribution in [1.82, 2.24) is 29.9 Å². The van der Waals surface area contributed by atoms with Crippen molar-refractivity contribution in [2.75, 3.05) is 0 Å². The van der Waals surface area contributed by atoms with Crippen molar-refractivity contribution in [2.24, 2.45) is 0 Å². The van der Waals surface area contributed by atoms with Gasteiger partial charge in [-0.25, -0.2) is 29.9 Å². The molecular formula is C49H31N7. The van der Waals surface area contributed by atoms with E-state index in [1.807, 2.05) is 164 Å². The molecular weight excluding hydrogens is 687 g/mol. The van der Waals surface area contributed by atoms with Gasteiger partial charge >= 0.3 is 0 Å². The summed E-state index contributed by atoms with van der Waals surface area (Å²) in [5, 5.41) is 9.31. The summed E-state index contributed by atoms with van der Waals surface area (Å²) in [6.07, 6.45) is 0. The van der Waals surface area contributed by atoms with Crippen molar-refractivity contribution in [1.29, 1.82) is 5.26 Å². The summed E-state index contributed by atoms with van der Waals surface area (Å²) in [5.41, 5.74) is 9.82. The molecule has 7 heteroatoms. The molecule has 2 aromatic heterocycles. The molecule has 9 aromatic rings. The van der Waals surface area contributed by atoms with E-state index in [1.165, 1.54) is 0 Å². The maximum absolute atomic E-state index is 9.31. The van der Waals surface area contributed by atoms with Crippen molar-refractivity contribution in [3.63, 3.8) is 0 Å². The Balaban J connectivity index is 1.16. The van der Waals surface area contributed by atoms with Gasteiger partial charge in [0, 0.05) is 33.4 Å². The first-order valence-corrected chi connectivity index (χ1v) is 18.2. The van der Waals surface area contributed by atoms with E-state index < -0.39 is 0 Å². The summed E-state index contributed by atoms with van der Waals surface area (Å²) in [4.78, 5) is 30.0. The van der Waals surface area contributed by atoms with Crippen molar-refractivity contribution in [3.8, 4) is 96.7 Å². The molecule has 0 atom stereocenters. The van der Waals surface area contributed by atoms with Crippen molar-refractivity contribution in [3.05, 3.63) is 194 Å². The Hall–Kier alpha value is -7.95. The summed E-state index contributed by atoms with van der Waals surface area (Å²) in [5.74, 6) is 3.47. The third-order valence-corrected chi connectivity index (χ3v) is 9.43. The molecule has 0 spiro atoms. The lowest BCUT2D eigenvalue weighted by molar-refractivity contribution is 1.07. The maximum Gasteiger partial charge on any atom is 0.164 e. The van der Waals surface area contributed by atoms with E-state index in [0.29, 0.717) is 40.5 Å². The summed E-state index contributed by atoms with van der Waals surface area (Å²) >= 11 is 0. The molecule has 0 unspecified atom stereocenters. The average Bonchev–Trinajstić information content (AvgIpc) is 3.29. The Morgan fingerprint density at radius 3 is 1.11 bits per heavy atom. The molecule has 7 aromatic carbocycles. The highest BCUT2D eigenvalue weighted by Crippen LogP contribution is 2.35. The van der Waals surface area contributed by atoms with Crippen LogP contribution in [0.3, 0.4) is 0 Å². The van der Waals surface area contributed by atoms with Gasteiger partial charge in [-0.05, 0) is 46.5 Å². The van der Waals surface area contributed by atoms with Gasteiger partial charge in [-0.1, -0.05) is 164 Å². The molecule has 0 N–H and O–H groups in total. The standard InChI is InChI=1S/C49H31N7/c50-32-33-26-28-34(29-27-33)38-20-12-22-40(30-38)48-54-46(37-18-8-3-9-19-37)55-49(56-48)43-25-11-10-24-42(43)39-21-13-23-41(31-39)47-52-44(35-14-4-1-5-15-35)51-45(53-47)36-16-6-2-7-17-36/h1-31H. The second kappa shape index (κ2) is 15.2. The summed E-state index contributed by atoms with van der Waals surface area (Å²) in [6.45, 7) is 0. The number of hydrogen-bond acceptors (Lipinski definition) is 7. The van der Waals surface area contributed by atoms with E-state index in [2.05, 4.69) is 30.3 Å². The van der Waals surface area contributed by atoms with Crippen LogP contribution in [0.5, 0.6) is 0 Å². The Kier molecular flexibility index (Phi) is 9.18. The highest BCUT2D eigenvalue weighted by molar-refractivity contribution is 5.84. The molecule has 9 rings (SSSR count). The van der Waals surface area contributed by atoms with Crippen LogP contribution in [-0.4, -0.2) is 29.9 Å². The highest BCUT2D eigenvalue weighted by atomic mass is 15.0. The van der Waals surface area contributed by atoms with Crippen LogP contribution in [0.25, 0.3) is 90.6 Å². The van der Waals surface area contributed by atoms with Gasteiger partial charge in [0.15, 0.2) is 34.9 Å². The fraction of sp³-hybridized carbons (Fsp3) is 0. The Morgan fingerprint density at radius 2 is 0.625 bits per heavy atom. The fourth-order valence-corrected chi connectivity index (χ4v) is 6.61. The molecule has 0 radical (unpaired) electrons. The zero-order valence-electron chi connectivity index (χ0n) is 30.0. The number of rotatable bonds is 8. The van der Waals surface area contributed by atoms with Crippen LogP contribution in [0.4, 0.5) is 0 Å². The number of nitriles is 1. The Bertz CT molecular complexity index is 2790. The Labute approximate surface area is 324 Å². The third-order valence-electron chi connectivity index (χ3n) is 9.43. The average molecular weight is 718 g/mol. The minimum atomic E-state index is 0.552. The molecule has 56 heavy (non-hydrogen) atoms. The Morgan fingerprint density at radius 1 is 0.268 bits per heavy atom. The second-order valence-corrected chi connectivity index (χ2v) is 13.1. The largest absolute Gasteiger partial charge is 0.208 e. The monoisotopic (exact) mass is 717 g/mol. The lowest BCUT2D eigenvalue weighted by Crippen LogP contribution is -2.01. The topological polar surface area (TPSA) is 101 Å². The molecule has 7 nitrogen and oxygen atoms in total. The van der Waals surface area contributed by atoms with Crippen molar-refractivity contribution in [2.45, 2.75) is 0 Å². The summed E-state index contributed by atoms with van der Waals surface area (Å²) in [7, 11) is 0. The zero-order chi connectivity index (χ0) is 37.7. The lowest BCUT2D eigenvalue weighted by atomic mass is 9.97. The van der Waals surface area contributed by atoms with Crippen LogP contribution in [0.15, 0.2) is 188 Å². The van der Waals surface area contributed by atoms with Crippen LogP contribution in [-0.2, 0) is 0 Å². The van der Waals surface area contributed by atoms with Crippen molar-refractivity contribution >= 4 is 0 Å². The van der Waals surface area contributed by atoms with E-state index >= 15 is 0 Å². The fourth-order valence-electron chi connectivity index (χ4n) is 6.61. The van der Waals surface area contributed by atoms with Crippen molar-refractivity contribution < 1.29 is 0 Å². The SMILES string of the molecule is N#Cc1ccc(-c2cccc(-c3nc(-c4ccccc4)nc(-c4ccccc4-c4cccc(-c5nc(-c6ccccc6)nc(-c6ccccc6)n5)c4)n3)c2)cc1. The summed E-state index contributed by atoms with van der Waals surface area (Å²) < 4.78 is 0. The normalized spacial score (nSPS) is 10.8. The third kappa shape index (κ3) is 7.06. The van der Waals surface area contributed by atoms with Gasteiger partial charge in [-0.15, -0.1) is 0 Å². The van der Waals surface area contributed by atoms with E-state index in [9.17, 15) is 5.26 Å². The second-order valence-electron chi connectivity index (χ2n) is 13.1. The van der Waals surface area contributed by atoms with E-state index in [1.54, 1.807) is 0 Å². The maximum atomic E-state index is 9.31. The van der Waals surface area contributed by atoms with Crippen LogP contribution in [0, 0.1) is 11.3 Å². The molecule has 2 heterocycles. The van der Waals surface area contributed by atoms with Crippen LogP contribution < -0.4 is 0 Å². The first-order valence-electron chi connectivity index (χ1n) is 18.2. The van der Waals surface area contributed by atoms with E-state index in [4.69, 9.17) is 29.9 Å². The minimum absolute atomic E-state index is 0.552. The van der Waals surface area contributed by atoms with Gasteiger partial charge in [-0.3, -0.25) is 0 Å². The van der Waals surface area contributed by atoms with Crippen LogP contribution in [0.1, 0.15) is 5.56 Å². The predicted molar refractivity (Wildman–Crippen MR) is 221 cm³/mol. The number of benzene rings is 7. The smallest absolute Gasteiger partial charge is 0.164 e. The molecule has 0 aliphatic heterocycles. The van der Waals surface area contributed by atoms with Crippen LogP contribution in [0.2, 0.25) is 0 Å². The van der Waals surface area contributed by atoms with Gasteiger partial charge < -0.3 is 0 Å². The molecule has 0 bridgehead atoms. The quantitative estimate of drug-likeness (QED) is 0.154. The minimum Gasteiger partial charge on any atom is -0.208 e. The molecule has 0 aliphatic rings. The summed E-state index contributed by atoms with van der Waals surface area (Å²) in [6, 6.07) is 64.2. The predicted octanol–water partition coefficient (Wildman–Crippen LogP) is 11.3. The molecule has 0 amide bonds. The van der Waals surface area contributed by atoms with Gasteiger partial charge in [0.25, 0.3) is 0 Å². The van der Waals surface area contributed by atoms with Crippen LogP contribution >= 0.6 is 0 Å². The number of hydrogen-bond donors (Lipinski definition) is 0. The molecule has 0 aliphatic carbocycles. The highest BCUT2D eigenvalue weighted by Gasteiger charge is 2.18. The first kappa shape index (κ1) is 33.9. The number of nitrogens with zero attached hydrogens (tertiary/aromatic N) is 7. The van der Waals surface area contributed by atoms with Gasteiger partial charge in [-0.2, -0.15) is 5.26 Å². The van der Waals surface area contributed by atoms with Gasteiger partial charge in [0.2, 0.25) is 0 Å². The van der Waals surface area contributed by atoms with Gasteiger partial charge in [0.05, 0.1) is 11.6 Å². The lowest BCUT2D eigenvalue weighted by Gasteiger charge is -2.13. The van der Waals surface area contributed by atoms with Gasteiger partial charge in [0.1, 0.15) is 0 Å². The first-order chi connectivity index (χ1) is 27.7. The molecule has 0 saturated carbocycles.